The molecule has 1 aromatic carbocycles. The van der Waals surface area contributed by atoms with Crippen molar-refractivity contribution in [1.82, 2.24) is 15.3 Å². The Morgan fingerprint density at radius 3 is 2.58 bits per heavy atom. The van der Waals surface area contributed by atoms with Crippen LogP contribution in [0.15, 0.2) is 29.4 Å². The van der Waals surface area contributed by atoms with Gasteiger partial charge in [0.25, 0.3) is 5.91 Å². The fourth-order valence-corrected chi connectivity index (χ4v) is 4.91. The summed E-state index contributed by atoms with van der Waals surface area (Å²) in [6.07, 6.45) is 1.76. The van der Waals surface area contributed by atoms with Crippen molar-refractivity contribution in [2.45, 2.75) is 19.9 Å². The lowest BCUT2D eigenvalue weighted by Crippen LogP contribution is -2.48. The fourth-order valence-electron chi connectivity index (χ4n) is 3.89. The molecule has 2 aliphatic rings. The van der Waals surface area contributed by atoms with Gasteiger partial charge >= 0.3 is 0 Å². The average molecular weight is 467 g/mol. The second-order valence-electron chi connectivity index (χ2n) is 8.29. The lowest BCUT2D eigenvalue weighted by molar-refractivity contribution is -0.00338. The third-order valence-corrected chi connectivity index (χ3v) is 6.60. The minimum Gasteiger partial charge on any atom is -0.378 e. The van der Waals surface area contributed by atoms with E-state index in [4.69, 9.17) is 14.5 Å². The van der Waals surface area contributed by atoms with Crippen molar-refractivity contribution in [1.29, 1.82) is 0 Å². The topological polar surface area (TPSA) is 101 Å². The van der Waals surface area contributed by atoms with Crippen LogP contribution in [0.1, 0.15) is 26.4 Å². The maximum absolute atomic E-state index is 12.7. The molecule has 5 rings (SSSR count). The number of aromatic nitrogens is 2. The summed E-state index contributed by atoms with van der Waals surface area (Å²) in [5.41, 5.74) is 7.05. The Balaban J connectivity index is 1.43. The Kier molecular flexibility index (Phi) is 6.21. The molecular formula is C23H26N6O3S. The predicted octanol–water partition coefficient (Wildman–Crippen LogP) is 2.72. The van der Waals surface area contributed by atoms with Crippen molar-refractivity contribution in [3.05, 3.63) is 45.8 Å². The number of hydrogen-bond donors (Lipinski definition) is 2. The van der Waals surface area contributed by atoms with E-state index in [1.54, 1.807) is 6.21 Å². The summed E-state index contributed by atoms with van der Waals surface area (Å²) in [6, 6.07) is 8.15. The maximum atomic E-state index is 12.7. The van der Waals surface area contributed by atoms with E-state index in [2.05, 4.69) is 57.8 Å². The van der Waals surface area contributed by atoms with E-state index in [0.29, 0.717) is 37.3 Å². The van der Waals surface area contributed by atoms with Crippen molar-refractivity contribution >= 4 is 45.4 Å². The van der Waals surface area contributed by atoms with Gasteiger partial charge in [0.05, 0.1) is 53.8 Å². The second kappa shape index (κ2) is 9.42. The number of thiophene rings is 1. The number of aryl methyl sites for hydroxylation is 2. The van der Waals surface area contributed by atoms with Crippen LogP contribution in [0, 0.1) is 13.8 Å². The van der Waals surface area contributed by atoms with Crippen molar-refractivity contribution in [2.75, 3.05) is 49.8 Å². The molecule has 2 N–H and O–H groups in total. The van der Waals surface area contributed by atoms with Crippen LogP contribution in [0.2, 0.25) is 0 Å². The number of amides is 1. The Morgan fingerprint density at radius 1 is 1.12 bits per heavy atom. The Labute approximate surface area is 195 Å². The van der Waals surface area contributed by atoms with Gasteiger partial charge in [-0.2, -0.15) is 10.1 Å². The van der Waals surface area contributed by atoms with Crippen LogP contribution in [0.25, 0.3) is 10.2 Å². The molecule has 3 aromatic rings. The molecule has 0 unspecified atom stereocenters. The number of carbonyl (C=O) groups excluding carboxylic acids is 1. The molecule has 0 spiro atoms. The quantitative estimate of drug-likeness (QED) is 0.426. The monoisotopic (exact) mass is 466 g/mol. The van der Waals surface area contributed by atoms with Crippen LogP contribution in [-0.2, 0) is 9.47 Å². The van der Waals surface area contributed by atoms with Gasteiger partial charge in [0, 0.05) is 13.1 Å². The molecule has 4 heterocycles. The highest BCUT2D eigenvalue weighted by Gasteiger charge is 2.24. The van der Waals surface area contributed by atoms with E-state index in [1.165, 1.54) is 22.5 Å². The van der Waals surface area contributed by atoms with Crippen LogP contribution in [0.4, 0.5) is 11.8 Å². The van der Waals surface area contributed by atoms with Crippen molar-refractivity contribution in [3.63, 3.8) is 0 Å². The average Bonchev–Trinajstić information content (AvgIpc) is 3.20. The molecule has 2 aliphatic heterocycles. The molecule has 0 radical (unpaired) electrons. The molecule has 172 valence electrons. The van der Waals surface area contributed by atoms with E-state index >= 15 is 0 Å². The molecule has 10 heteroatoms. The van der Waals surface area contributed by atoms with Gasteiger partial charge in [0.2, 0.25) is 5.95 Å². The number of carbonyl (C=O) groups is 1. The summed E-state index contributed by atoms with van der Waals surface area (Å²) in [4.78, 5) is 24.8. The zero-order chi connectivity index (χ0) is 22.8. The van der Waals surface area contributed by atoms with Gasteiger partial charge in [-0.15, -0.1) is 11.3 Å². The van der Waals surface area contributed by atoms with Gasteiger partial charge in [-0.05, 0) is 25.5 Å². The van der Waals surface area contributed by atoms with Crippen LogP contribution >= 0.6 is 11.3 Å². The van der Waals surface area contributed by atoms with Crippen molar-refractivity contribution in [3.8, 4) is 0 Å². The summed E-state index contributed by atoms with van der Waals surface area (Å²) < 4.78 is 11.5. The summed E-state index contributed by atoms with van der Waals surface area (Å²) in [6.45, 7) is 7.98. The van der Waals surface area contributed by atoms with E-state index in [9.17, 15) is 4.79 Å². The van der Waals surface area contributed by atoms with E-state index in [0.717, 1.165) is 34.7 Å². The van der Waals surface area contributed by atoms with Gasteiger partial charge < -0.3 is 19.7 Å². The number of ether oxygens (including phenoxy) is 2. The number of anilines is 2. The highest BCUT2D eigenvalue weighted by atomic mass is 32.1. The molecule has 2 fully saturated rings. The summed E-state index contributed by atoms with van der Waals surface area (Å²) >= 11 is 1.41. The van der Waals surface area contributed by atoms with E-state index in [-0.39, 0.29) is 11.9 Å². The lowest BCUT2D eigenvalue weighted by Gasteiger charge is -2.28. The first-order valence-electron chi connectivity index (χ1n) is 11.0. The Hall–Kier alpha value is -3.08. The fraction of sp³-hybridized carbons (Fsp3) is 0.391. The normalized spacial score (nSPS) is 16.8. The van der Waals surface area contributed by atoms with Crippen LogP contribution < -0.4 is 15.6 Å². The maximum Gasteiger partial charge on any atom is 0.261 e. The first-order chi connectivity index (χ1) is 16.0. The zero-order valence-electron chi connectivity index (χ0n) is 18.6. The van der Waals surface area contributed by atoms with E-state index in [1.807, 2.05) is 6.07 Å². The van der Waals surface area contributed by atoms with Gasteiger partial charge in [-0.3, -0.25) is 4.79 Å². The molecule has 0 aliphatic carbocycles. The van der Waals surface area contributed by atoms with Crippen LogP contribution in [0.3, 0.4) is 0 Å². The Morgan fingerprint density at radius 2 is 1.88 bits per heavy atom. The number of hydrogen-bond acceptors (Lipinski definition) is 9. The number of morpholine rings is 1. The SMILES string of the molecule is Cc1cc(C)cc(/C=N/Nc2nc(N3CCOCC3)c3sc(C(=O)NC4COC4)cc3n2)c1. The third kappa shape index (κ3) is 4.97. The summed E-state index contributed by atoms with van der Waals surface area (Å²) in [7, 11) is 0. The highest BCUT2D eigenvalue weighted by Crippen LogP contribution is 2.33. The summed E-state index contributed by atoms with van der Waals surface area (Å²) in [5.74, 6) is 1.08. The first-order valence-corrected chi connectivity index (χ1v) is 11.8. The molecule has 0 atom stereocenters. The minimum absolute atomic E-state index is 0.0735. The van der Waals surface area contributed by atoms with Gasteiger partial charge in [0.15, 0.2) is 5.82 Å². The molecule has 9 nitrogen and oxygen atoms in total. The van der Waals surface area contributed by atoms with Crippen molar-refractivity contribution in [2.24, 2.45) is 5.10 Å². The predicted molar refractivity (Wildman–Crippen MR) is 130 cm³/mol. The summed E-state index contributed by atoms with van der Waals surface area (Å²) in [5, 5.41) is 7.35. The Bertz CT molecular complexity index is 1180. The lowest BCUT2D eigenvalue weighted by atomic mass is 10.1. The molecule has 2 aromatic heterocycles. The van der Waals surface area contributed by atoms with Gasteiger partial charge in [0.1, 0.15) is 0 Å². The standard InChI is InChI=1S/C23H26N6O3S/c1-14-7-15(2)9-16(8-14)11-24-28-23-26-18-10-19(22(30)25-17-12-32-13-17)33-20(18)21(27-23)29-3-5-31-6-4-29/h7-11,17H,3-6,12-13H2,1-2H3,(H,25,30)(H,26,27,28)/b24-11+. The number of fused-ring (bicyclic) bond motifs is 1. The number of rotatable bonds is 6. The third-order valence-electron chi connectivity index (χ3n) is 5.48. The number of nitrogens with one attached hydrogen (secondary N) is 2. The van der Waals surface area contributed by atoms with Crippen LogP contribution in [0.5, 0.6) is 0 Å². The molecule has 2 saturated heterocycles. The van der Waals surface area contributed by atoms with Crippen LogP contribution in [-0.4, -0.2) is 67.6 Å². The minimum atomic E-state index is -0.110. The number of hydrazone groups is 1. The molecule has 0 saturated carbocycles. The largest absolute Gasteiger partial charge is 0.378 e. The first kappa shape index (κ1) is 21.7. The second-order valence-corrected chi connectivity index (χ2v) is 9.35. The highest BCUT2D eigenvalue weighted by molar-refractivity contribution is 7.21. The van der Waals surface area contributed by atoms with Crippen molar-refractivity contribution < 1.29 is 14.3 Å². The van der Waals surface area contributed by atoms with E-state index < -0.39 is 0 Å². The number of benzene rings is 1. The number of nitrogens with zero attached hydrogens (tertiary/aromatic N) is 4. The smallest absolute Gasteiger partial charge is 0.261 e. The molecule has 0 bridgehead atoms. The van der Waals surface area contributed by atoms with Gasteiger partial charge in [-0.1, -0.05) is 29.3 Å². The van der Waals surface area contributed by atoms with Gasteiger partial charge in [-0.25, -0.2) is 10.4 Å². The molecular weight excluding hydrogens is 440 g/mol. The zero-order valence-corrected chi connectivity index (χ0v) is 19.4. The molecule has 1 amide bonds. The molecule has 33 heavy (non-hydrogen) atoms.